The predicted molar refractivity (Wildman–Crippen MR) is 111 cm³/mol. The second-order valence-electron chi connectivity index (χ2n) is 8.30. The third kappa shape index (κ3) is 4.33. The van der Waals surface area contributed by atoms with E-state index in [0.29, 0.717) is 17.8 Å². The fourth-order valence-corrected chi connectivity index (χ4v) is 4.72. The molecule has 2 aliphatic rings. The van der Waals surface area contributed by atoms with E-state index in [2.05, 4.69) is 22.3 Å². The predicted octanol–water partition coefficient (Wildman–Crippen LogP) is 4.60. The van der Waals surface area contributed by atoms with Crippen molar-refractivity contribution in [1.82, 2.24) is 4.90 Å². The first-order chi connectivity index (χ1) is 14.4. The molecule has 162 valence electrons. The molecule has 4 rings (SSSR count). The minimum absolute atomic E-state index is 0.00292. The minimum Gasteiger partial charge on any atom is -0.378 e. The van der Waals surface area contributed by atoms with E-state index in [1.165, 1.54) is 12.1 Å². The Balaban J connectivity index is 1.68. The van der Waals surface area contributed by atoms with Crippen molar-refractivity contribution in [2.24, 2.45) is 11.7 Å². The summed E-state index contributed by atoms with van der Waals surface area (Å²) < 4.78 is 46.6. The summed E-state index contributed by atoms with van der Waals surface area (Å²) in [7, 11) is 1.99. The van der Waals surface area contributed by atoms with Crippen LogP contribution in [0.1, 0.15) is 41.7 Å². The third-order valence-electron chi connectivity index (χ3n) is 6.16. The molecule has 4 nitrogen and oxygen atoms in total. The van der Waals surface area contributed by atoms with Crippen LogP contribution in [0.2, 0.25) is 0 Å². The molecule has 0 bridgehead atoms. The van der Waals surface area contributed by atoms with E-state index < -0.39 is 11.7 Å². The van der Waals surface area contributed by atoms with Crippen molar-refractivity contribution in [2.75, 3.05) is 32.0 Å². The smallest absolute Gasteiger partial charge is 0.378 e. The van der Waals surface area contributed by atoms with Crippen molar-refractivity contribution in [3.63, 3.8) is 0 Å². The van der Waals surface area contributed by atoms with Gasteiger partial charge in [-0.05, 0) is 43.7 Å². The standard InChI is InChI=1S/C23H28F3N3O/c1-29(12-11-27)14-17-8-9-18-21(15-5-3-2-4-6-15)28-20-10-7-16(23(24,25)26)13-19(20)22(18)30-17/h2-7,10,13,17-18,21-22,28H,8-9,11-12,14,27H2,1H3/t17-,18+,21+,22+/m1/s1. The Labute approximate surface area is 175 Å². The summed E-state index contributed by atoms with van der Waals surface area (Å²) in [6.07, 6.45) is -3.03. The highest BCUT2D eigenvalue weighted by atomic mass is 19.4. The zero-order valence-corrected chi connectivity index (χ0v) is 17.0. The molecule has 2 aliphatic heterocycles. The van der Waals surface area contributed by atoms with Crippen molar-refractivity contribution in [1.29, 1.82) is 0 Å². The first-order valence-corrected chi connectivity index (χ1v) is 10.4. The number of rotatable bonds is 5. The van der Waals surface area contributed by atoms with Crippen molar-refractivity contribution in [3.05, 3.63) is 65.2 Å². The number of alkyl halides is 3. The Morgan fingerprint density at radius 1 is 1.13 bits per heavy atom. The van der Waals surface area contributed by atoms with Crippen LogP contribution in [0.4, 0.5) is 18.9 Å². The number of hydrogen-bond donors (Lipinski definition) is 2. The van der Waals surface area contributed by atoms with E-state index in [1.54, 1.807) is 0 Å². The van der Waals surface area contributed by atoms with E-state index in [1.807, 2.05) is 25.2 Å². The Kier molecular flexibility index (Phi) is 6.04. The largest absolute Gasteiger partial charge is 0.416 e. The Hall–Kier alpha value is -2.09. The van der Waals surface area contributed by atoms with Crippen LogP contribution in [-0.2, 0) is 10.9 Å². The lowest BCUT2D eigenvalue weighted by atomic mass is 9.76. The zero-order valence-electron chi connectivity index (χ0n) is 17.0. The molecule has 0 saturated carbocycles. The molecule has 0 unspecified atom stereocenters. The van der Waals surface area contributed by atoms with Crippen LogP contribution >= 0.6 is 0 Å². The van der Waals surface area contributed by atoms with Gasteiger partial charge in [-0.15, -0.1) is 0 Å². The van der Waals surface area contributed by atoms with Gasteiger partial charge in [0.2, 0.25) is 0 Å². The molecule has 2 aromatic carbocycles. The lowest BCUT2D eigenvalue weighted by Gasteiger charge is -2.46. The first-order valence-electron chi connectivity index (χ1n) is 10.4. The molecule has 0 radical (unpaired) electrons. The van der Waals surface area contributed by atoms with Gasteiger partial charge in [0.05, 0.1) is 23.8 Å². The Morgan fingerprint density at radius 2 is 1.90 bits per heavy atom. The van der Waals surface area contributed by atoms with Gasteiger partial charge in [-0.25, -0.2) is 0 Å². The fourth-order valence-electron chi connectivity index (χ4n) is 4.72. The number of halogens is 3. The van der Waals surface area contributed by atoms with E-state index in [4.69, 9.17) is 10.5 Å². The average molecular weight is 419 g/mol. The number of nitrogens with zero attached hydrogens (tertiary/aromatic N) is 1. The van der Waals surface area contributed by atoms with Gasteiger partial charge < -0.3 is 20.7 Å². The van der Waals surface area contributed by atoms with Gasteiger partial charge in [0.1, 0.15) is 0 Å². The van der Waals surface area contributed by atoms with E-state index >= 15 is 0 Å². The van der Waals surface area contributed by atoms with Crippen LogP contribution in [0, 0.1) is 5.92 Å². The van der Waals surface area contributed by atoms with Crippen LogP contribution in [-0.4, -0.2) is 37.7 Å². The van der Waals surface area contributed by atoms with Crippen LogP contribution < -0.4 is 11.1 Å². The number of hydrogen-bond acceptors (Lipinski definition) is 4. The summed E-state index contributed by atoms with van der Waals surface area (Å²) in [6, 6.07) is 14.0. The molecule has 0 amide bonds. The molecule has 7 heteroatoms. The summed E-state index contributed by atoms with van der Waals surface area (Å²) in [5, 5.41) is 3.49. The number of nitrogens with one attached hydrogen (secondary N) is 1. The second kappa shape index (κ2) is 8.57. The Morgan fingerprint density at radius 3 is 2.60 bits per heavy atom. The second-order valence-corrected chi connectivity index (χ2v) is 8.30. The quantitative estimate of drug-likeness (QED) is 0.744. The van der Waals surface area contributed by atoms with Gasteiger partial charge in [0.15, 0.2) is 0 Å². The number of ether oxygens (including phenoxy) is 1. The molecule has 3 N–H and O–H groups in total. The molecular weight excluding hydrogens is 391 g/mol. The van der Waals surface area contributed by atoms with Crippen molar-refractivity contribution >= 4 is 5.69 Å². The van der Waals surface area contributed by atoms with Gasteiger partial charge in [0, 0.05) is 36.8 Å². The van der Waals surface area contributed by atoms with E-state index in [-0.39, 0.29) is 24.2 Å². The monoisotopic (exact) mass is 419 g/mol. The van der Waals surface area contributed by atoms with Gasteiger partial charge in [0.25, 0.3) is 0 Å². The van der Waals surface area contributed by atoms with Gasteiger partial charge in [-0.3, -0.25) is 0 Å². The molecule has 2 heterocycles. The first kappa shape index (κ1) is 21.2. The molecule has 1 fully saturated rings. The van der Waals surface area contributed by atoms with Gasteiger partial charge in [-0.1, -0.05) is 30.3 Å². The molecule has 2 aromatic rings. The fraction of sp³-hybridized carbons (Fsp3) is 0.478. The lowest BCUT2D eigenvalue weighted by molar-refractivity contribution is -0.138. The lowest BCUT2D eigenvalue weighted by Crippen LogP contribution is -2.43. The number of likely N-dealkylation sites (N-methyl/N-ethyl adjacent to an activating group) is 1. The summed E-state index contributed by atoms with van der Waals surface area (Å²) >= 11 is 0. The van der Waals surface area contributed by atoms with Gasteiger partial charge >= 0.3 is 6.18 Å². The summed E-state index contributed by atoms with van der Waals surface area (Å²) in [4.78, 5) is 2.12. The maximum absolute atomic E-state index is 13.4. The molecular formula is C23H28F3N3O. The molecule has 30 heavy (non-hydrogen) atoms. The van der Waals surface area contributed by atoms with Crippen molar-refractivity contribution < 1.29 is 17.9 Å². The topological polar surface area (TPSA) is 50.5 Å². The number of anilines is 1. The number of nitrogens with two attached hydrogens (primary N) is 1. The zero-order chi connectivity index (χ0) is 21.3. The Bertz CT molecular complexity index is 859. The number of fused-ring (bicyclic) bond motifs is 3. The molecule has 0 spiro atoms. The van der Waals surface area contributed by atoms with Crippen LogP contribution in [0.15, 0.2) is 48.5 Å². The molecule has 4 atom stereocenters. The summed E-state index contributed by atoms with van der Waals surface area (Å²) in [5.41, 5.74) is 7.46. The van der Waals surface area contributed by atoms with Crippen molar-refractivity contribution in [3.8, 4) is 0 Å². The minimum atomic E-state index is -4.38. The third-order valence-corrected chi connectivity index (χ3v) is 6.16. The van der Waals surface area contributed by atoms with Gasteiger partial charge in [-0.2, -0.15) is 13.2 Å². The highest BCUT2D eigenvalue weighted by Crippen LogP contribution is 2.51. The van der Waals surface area contributed by atoms with Crippen LogP contribution in [0.3, 0.4) is 0 Å². The normalized spacial score (nSPS) is 26.1. The maximum atomic E-state index is 13.4. The average Bonchev–Trinajstić information content (AvgIpc) is 2.73. The van der Waals surface area contributed by atoms with Crippen molar-refractivity contribution in [2.45, 2.75) is 37.3 Å². The number of benzene rings is 2. The summed E-state index contributed by atoms with van der Waals surface area (Å²) in [6.45, 7) is 2.04. The highest BCUT2D eigenvalue weighted by Gasteiger charge is 2.43. The SMILES string of the molecule is CN(CCN)C[C@H]1CC[C@@H]2[C@H](O1)c1cc(C(F)(F)F)ccc1N[C@H]2c1ccccc1. The van der Waals surface area contributed by atoms with E-state index in [9.17, 15) is 13.2 Å². The van der Waals surface area contributed by atoms with E-state index in [0.717, 1.165) is 37.6 Å². The van der Waals surface area contributed by atoms with Crippen LogP contribution in [0.5, 0.6) is 0 Å². The highest BCUT2D eigenvalue weighted by molar-refractivity contribution is 5.58. The molecule has 1 saturated heterocycles. The van der Waals surface area contributed by atoms with Crippen LogP contribution in [0.25, 0.3) is 0 Å². The maximum Gasteiger partial charge on any atom is 0.416 e. The summed E-state index contributed by atoms with van der Waals surface area (Å²) in [5.74, 6) is 0.0689. The molecule has 0 aromatic heterocycles. The molecule has 0 aliphatic carbocycles.